The van der Waals surface area contributed by atoms with Gasteiger partial charge in [-0.1, -0.05) is 59.8 Å². The Morgan fingerprint density at radius 1 is 0.923 bits per heavy atom. The van der Waals surface area contributed by atoms with Gasteiger partial charge < -0.3 is 5.73 Å². The van der Waals surface area contributed by atoms with Crippen LogP contribution in [0.2, 0.25) is 0 Å². The van der Waals surface area contributed by atoms with Gasteiger partial charge in [0.05, 0.1) is 0 Å². The first kappa shape index (κ1) is 15.4. The van der Waals surface area contributed by atoms with Crippen molar-refractivity contribution in [3.05, 3.63) is 0 Å². The highest BCUT2D eigenvalue weighted by Gasteiger charge is 1.93. The van der Waals surface area contributed by atoms with Crippen molar-refractivity contribution >= 4 is 0 Å². The third-order valence-corrected chi connectivity index (χ3v) is 1.99. The molecule has 84 valence electrons. The highest BCUT2D eigenvalue weighted by Crippen LogP contribution is 2.09. The van der Waals surface area contributed by atoms with Crippen molar-refractivity contribution < 1.29 is 1.43 Å². The third-order valence-electron chi connectivity index (χ3n) is 1.99. The maximum Gasteiger partial charge on any atom is 0 e. The lowest BCUT2D eigenvalue weighted by atomic mass is 10.0. The third kappa shape index (κ3) is 18.7. The molecule has 0 aromatic heterocycles. The van der Waals surface area contributed by atoms with Gasteiger partial charge in [-0.15, -0.1) is 0 Å². The second-order valence-corrected chi connectivity index (χ2v) is 3.74. The predicted octanol–water partition coefficient (Wildman–Crippen LogP) is 4.21. The van der Waals surface area contributed by atoms with Crippen LogP contribution in [0.25, 0.3) is 0 Å². The Morgan fingerprint density at radius 3 is 1.85 bits per heavy atom. The van der Waals surface area contributed by atoms with Crippen molar-refractivity contribution in [2.45, 2.75) is 66.2 Å². The molecule has 0 aromatic rings. The maximum absolute atomic E-state index is 5.39. The lowest BCUT2D eigenvalue weighted by Gasteiger charge is -2.03. The second-order valence-electron chi connectivity index (χ2n) is 3.74. The van der Waals surface area contributed by atoms with Gasteiger partial charge >= 0.3 is 0 Å². The van der Waals surface area contributed by atoms with Gasteiger partial charge in [0.1, 0.15) is 0 Å². The summed E-state index contributed by atoms with van der Waals surface area (Å²) < 4.78 is 0. The van der Waals surface area contributed by atoms with Gasteiger partial charge in [-0.25, -0.2) is 0 Å². The van der Waals surface area contributed by atoms with Crippen LogP contribution >= 0.6 is 0 Å². The van der Waals surface area contributed by atoms with Gasteiger partial charge in [0.2, 0.25) is 0 Å². The summed E-state index contributed by atoms with van der Waals surface area (Å²) in [6.45, 7) is 9.45. The normalized spacial score (nSPS) is 9.69. The topological polar surface area (TPSA) is 26.0 Å². The van der Waals surface area contributed by atoms with Crippen LogP contribution in [0.5, 0.6) is 0 Å². The quantitative estimate of drug-likeness (QED) is 0.596. The molecule has 0 spiro atoms. The molecule has 0 unspecified atom stereocenters. The summed E-state index contributed by atoms with van der Waals surface area (Å²) in [6, 6.07) is 0. The molecular weight excluding hydrogens is 158 g/mol. The standard InChI is InChI=1S/C10H23N.C2H6.H2/c1-10(2)8-6-4-3-5-7-9-11;1-2;/h10H,3-9,11H2,1-2H3;1-2H3;1H. The first-order valence-electron chi connectivity index (χ1n) is 5.97. The summed E-state index contributed by atoms with van der Waals surface area (Å²) in [7, 11) is 0. The Kier molecular flexibility index (Phi) is 17.2. The van der Waals surface area contributed by atoms with E-state index in [1.54, 1.807) is 0 Å². The minimum absolute atomic E-state index is 0. The summed E-state index contributed by atoms with van der Waals surface area (Å²) in [4.78, 5) is 0. The van der Waals surface area contributed by atoms with E-state index in [0.29, 0.717) is 0 Å². The molecule has 0 aliphatic heterocycles. The zero-order valence-corrected chi connectivity index (χ0v) is 10.1. The molecule has 0 saturated heterocycles. The Bertz CT molecular complexity index is 74.7. The number of hydrogen-bond donors (Lipinski definition) is 1. The van der Waals surface area contributed by atoms with E-state index in [1.165, 1.54) is 38.5 Å². The maximum atomic E-state index is 5.39. The van der Waals surface area contributed by atoms with E-state index in [9.17, 15) is 0 Å². The molecule has 0 amide bonds. The Morgan fingerprint density at radius 2 is 1.38 bits per heavy atom. The molecule has 0 bridgehead atoms. The summed E-state index contributed by atoms with van der Waals surface area (Å²) >= 11 is 0. The smallest absolute Gasteiger partial charge is 0 e. The Balaban J connectivity index is -0.000000376. The van der Waals surface area contributed by atoms with Crippen molar-refractivity contribution in [2.24, 2.45) is 11.7 Å². The highest BCUT2D eigenvalue weighted by molar-refractivity contribution is 4.48. The van der Waals surface area contributed by atoms with E-state index in [-0.39, 0.29) is 1.43 Å². The second kappa shape index (κ2) is 14.5. The summed E-state index contributed by atoms with van der Waals surface area (Å²) in [5, 5.41) is 0. The van der Waals surface area contributed by atoms with Gasteiger partial charge in [-0.2, -0.15) is 0 Å². The minimum Gasteiger partial charge on any atom is -0.330 e. The van der Waals surface area contributed by atoms with Crippen molar-refractivity contribution in [1.29, 1.82) is 0 Å². The zero-order chi connectivity index (χ0) is 10.5. The van der Waals surface area contributed by atoms with Crippen LogP contribution in [-0.4, -0.2) is 6.54 Å². The van der Waals surface area contributed by atoms with Crippen LogP contribution in [0.1, 0.15) is 67.6 Å². The van der Waals surface area contributed by atoms with Gasteiger partial charge in [0.25, 0.3) is 0 Å². The summed E-state index contributed by atoms with van der Waals surface area (Å²) in [5.74, 6) is 0.879. The van der Waals surface area contributed by atoms with Crippen LogP contribution in [0.3, 0.4) is 0 Å². The number of unbranched alkanes of at least 4 members (excludes halogenated alkanes) is 4. The molecule has 0 aromatic carbocycles. The minimum atomic E-state index is 0. The van der Waals surface area contributed by atoms with Gasteiger partial charge in [-0.3, -0.25) is 0 Å². The predicted molar refractivity (Wildman–Crippen MR) is 65.1 cm³/mol. The van der Waals surface area contributed by atoms with E-state index < -0.39 is 0 Å². The molecule has 0 fully saturated rings. The van der Waals surface area contributed by atoms with Crippen LogP contribution in [-0.2, 0) is 0 Å². The van der Waals surface area contributed by atoms with Crippen molar-refractivity contribution in [1.82, 2.24) is 0 Å². The first-order chi connectivity index (χ1) is 6.27. The van der Waals surface area contributed by atoms with Crippen LogP contribution in [0.15, 0.2) is 0 Å². The highest BCUT2D eigenvalue weighted by atomic mass is 14.5. The first-order valence-corrected chi connectivity index (χ1v) is 5.97. The Labute approximate surface area is 86.6 Å². The molecule has 0 heterocycles. The van der Waals surface area contributed by atoms with Crippen LogP contribution in [0, 0.1) is 5.92 Å². The molecule has 0 radical (unpaired) electrons. The average Bonchev–Trinajstić information content (AvgIpc) is 2.14. The molecule has 2 N–H and O–H groups in total. The largest absolute Gasteiger partial charge is 0.330 e. The number of rotatable bonds is 7. The van der Waals surface area contributed by atoms with Gasteiger partial charge in [0.15, 0.2) is 0 Å². The lowest BCUT2D eigenvalue weighted by Crippen LogP contribution is -1.97. The van der Waals surface area contributed by atoms with Crippen LogP contribution < -0.4 is 5.73 Å². The SMILES string of the molecule is CC.CC(C)CCCCCCCN.[HH]. The van der Waals surface area contributed by atoms with Gasteiger partial charge in [0, 0.05) is 1.43 Å². The lowest BCUT2D eigenvalue weighted by molar-refractivity contribution is 0.516. The van der Waals surface area contributed by atoms with Crippen molar-refractivity contribution in [3.8, 4) is 0 Å². The molecule has 1 heteroatoms. The fourth-order valence-electron chi connectivity index (χ4n) is 1.23. The molecule has 0 rings (SSSR count). The molecule has 0 saturated carbocycles. The fraction of sp³-hybridized carbons (Fsp3) is 1.00. The summed E-state index contributed by atoms with van der Waals surface area (Å²) in [5.41, 5.74) is 5.39. The summed E-state index contributed by atoms with van der Waals surface area (Å²) in [6.07, 6.45) is 8.11. The molecule has 13 heavy (non-hydrogen) atoms. The van der Waals surface area contributed by atoms with E-state index >= 15 is 0 Å². The van der Waals surface area contributed by atoms with E-state index in [1.807, 2.05) is 13.8 Å². The molecule has 0 atom stereocenters. The Hall–Kier alpha value is -0.0400. The van der Waals surface area contributed by atoms with Crippen LogP contribution in [0.4, 0.5) is 0 Å². The molecule has 1 nitrogen and oxygen atoms in total. The molecular formula is C12H31N. The molecule has 0 aliphatic rings. The average molecular weight is 189 g/mol. The monoisotopic (exact) mass is 189 g/mol. The number of hydrogen-bond acceptors (Lipinski definition) is 1. The van der Waals surface area contributed by atoms with Crippen molar-refractivity contribution in [2.75, 3.05) is 6.54 Å². The van der Waals surface area contributed by atoms with Crippen molar-refractivity contribution in [3.63, 3.8) is 0 Å². The van der Waals surface area contributed by atoms with E-state index in [4.69, 9.17) is 5.73 Å². The van der Waals surface area contributed by atoms with E-state index in [2.05, 4.69) is 13.8 Å². The van der Waals surface area contributed by atoms with Gasteiger partial charge in [-0.05, 0) is 18.9 Å². The number of nitrogens with two attached hydrogens (primary N) is 1. The molecule has 0 aliphatic carbocycles. The fourth-order valence-corrected chi connectivity index (χ4v) is 1.23. The van der Waals surface area contributed by atoms with E-state index in [0.717, 1.165) is 12.5 Å². The zero-order valence-electron chi connectivity index (χ0n) is 10.1.